The van der Waals surface area contributed by atoms with E-state index in [-0.39, 0.29) is 23.5 Å². The van der Waals surface area contributed by atoms with Gasteiger partial charge >= 0.3 is 5.69 Å². The van der Waals surface area contributed by atoms with Gasteiger partial charge in [-0.15, -0.1) is 5.10 Å². The Labute approximate surface area is 150 Å². The summed E-state index contributed by atoms with van der Waals surface area (Å²) in [5, 5.41) is 9.93. The molecular weight excluding hydrogens is 340 g/mol. The maximum Gasteiger partial charge on any atom is 0.344 e. The Morgan fingerprint density at radius 3 is 2.88 bits per heavy atom. The maximum absolute atomic E-state index is 12.3. The van der Waals surface area contributed by atoms with Crippen molar-refractivity contribution in [3.63, 3.8) is 0 Å². The van der Waals surface area contributed by atoms with Gasteiger partial charge in [0.25, 0.3) is 0 Å². The molecule has 3 rings (SSSR count). The third-order valence-electron chi connectivity index (χ3n) is 4.21. The van der Waals surface area contributed by atoms with E-state index < -0.39 is 0 Å². The first-order chi connectivity index (χ1) is 12.0. The summed E-state index contributed by atoms with van der Waals surface area (Å²) in [5.74, 6) is 0.0605. The fourth-order valence-electron chi connectivity index (χ4n) is 2.88. The average Bonchev–Trinajstić information content (AvgIpc) is 3.21. The van der Waals surface area contributed by atoms with Crippen molar-refractivity contribution in [3.8, 4) is 0 Å². The number of H-pyrrole nitrogens is 1. The lowest BCUT2D eigenvalue weighted by Gasteiger charge is -2.12. The number of ether oxygens (including phenoxy) is 1. The van der Waals surface area contributed by atoms with E-state index in [9.17, 15) is 9.59 Å². The summed E-state index contributed by atoms with van der Waals surface area (Å²) in [7, 11) is 0. The number of anilines is 1. The molecule has 1 aliphatic heterocycles. The molecular formula is C17H22N4O3S. The number of amides is 1. The number of benzene rings is 1. The van der Waals surface area contributed by atoms with Crippen LogP contribution in [0.5, 0.6) is 0 Å². The number of carbonyl (C=O) groups excluding carboxylic acids is 1. The second-order valence-corrected chi connectivity index (χ2v) is 7.10. The topological polar surface area (TPSA) is 89.0 Å². The van der Waals surface area contributed by atoms with Crippen molar-refractivity contribution in [3.05, 3.63) is 39.8 Å². The number of nitrogens with zero attached hydrogens (tertiary/aromatic N) is 2. The van der Waals surface area contributed by atoms with E-state index in [1.54, 1.807) is 4.57 Å². The number of hydrogen-bond acceptors (Lipinski definition) is 5. The van der Waals surface area contributed by atoms with Gasteiger partial charge in [0.1, 0.15) is 0 Å². The highest BCUT2D eigenvalue weighted by Gasteiger charge is 2.20. The van der Waals surface area contributed by atoms with Crippen molar-refractivity contribution < 1.29 is 9.53 Å². The van der Waals surface area contributed by atoms with Crippen LogP contribution < -0.4 is 11.0 Å². The van der Waals surface area contributed by atoms with Gasteiger partial charge < -0.3 is 10.1 Å². The SMILES string of the molecule is Cc1cccc(C)c1NC(=O)CSc1n[nH]c(=O)n1CC1CCCO1. The Morgan fingerprint density at radius 2 is 2.20 bits per heavy atom. The van der Waals surface area contributed by atoms with Crippen molar-refractivity contribution in [2.45, 2.75) is 44.5 Å². The molecule has 1 fully saturated rings. The summed E-state index contributed by atoms with van der Waals surface area (Å²) >= 11 is 1.24. The maximum atomic E-state index is 12.3. The van der Waals surface area contributed by atoms with Crippen LogP contribution in [-0.4, -0.2) is 39.1 Å². The molecule has 0 spiro atoms. The van der Waals surface area contributed by atoms with E-state index in [1.807, 2.05) is 32.0 Å². The highest BCUT2D eigenvalue weighted by Crippen LogP contribution is 2.21. The van der Waals surface area contributed by atoms with Crippen LogP contribution in [0.3, 0.4) is 0 Å². The molecule has 2 aromatic rings. The molecule has 134 valence electrons. The van der Waals surface area contributed by atoms with E-state index in [2.05, 4.69) is 15.5 Å². The van der Waals surface area contributed by atoms with Gasteiger partial charge in [-0.25, -0.2) is 9.89 Å². The normalized spacial score (nSPS) is 17.0. The van der Waals surface area contributed by atoms with Crippen molar-refractivity contribution in [1.29, 1.82) is 0 Å². The summed E-state index contributed by atoms with van der Waals surface area (Å²) in [4.78, 5) is 24.2. The predicted octanol–water partition coefficient (Wildman–Crippen LogP) is 2.10. The molecule has 0 aliphatic carbocycles. The minimum absolute atomic E-state index is 0.0399. The Hall–Kier alpha value is -2.06. The van der Waals surface area contributed by atoms with E-state index in [1.165, 1.54) is 11.8 Å². The molecule has 1 atom stereocenters. The van der Waals surface area contributed by atoms with Crippen molar-refractivity contribution in [2.75, 3.05) is 17.7 Å². The molecule has 1 aromatic heterocycles. The van der Waals surface area contributed by atoms with Gasteiger partial charge in [-0.3, -0.25) is 9.36 Å². The predicted molar refractivity (Wildman–Crippen MR) is 97.1 cm³/mol. The lowest BCUT2D eigenvalue weighted by atomic mass is 10.1. The first kappa shape index (κ1) is 17.8. The number of thioether (sulfide) groups is 1. The lowest BCUT2D eigenvalue weighted by Crippen LogP contribution is -2.25. The molecule has 0 saturated carbocycles. The second kappa shape index (κ2) is 7.88. The molecule has 8 heteroatoms. The number of hydrogen-bond donors (Lipinski definition) is 2. The highest BCUT2D eigenvalue weighted by molar-refractivity contribution is 7.99. The van der Waals surface area contributed by atoms with E-state index in [4.69, 9.17) is 4.74 Å². The summed E-state index contributed by atoms with van der Waals surface area (Å²) in [6, 6.07) is 5.88. The number of rotatable bonds is 6. The quantitative estimate of drug-likeness (QED) is 0.768. The van der Waals surface area contributed by atoms with Crippen molar-refractivity contribution in [1.82, 2.24) is 14.8 Å². The van der Waals surface area contributed by atoms with Crippen LogP contribution in [0.1, 0.15) is 24.0 Å². The number of aromatic nitrogens is 3. The molecule has 2 heterocycles. The van der Waals surface area contributed by atoms with Crippen LogP contribution in [0.15, 0.2) is 28.2 Å². The van der Waals surface area contributed by atoms with Gasteiger partial charge in [-0.05, 0) is 37.8 Å². The number of para-hydroxylation sites is 1. The summed E-state index contributed by atoms with van der Waals surface area (Å²) < 4.78 is 7.13. The monoisotopic (exact) mass is 362 g/mol. The Morgan fingerprint density at radius 1 is 1.44 bits per heavy atom. The van der Waals surface area contributed by atoms with Crippen LogP contribution in [0.25, 0.3) is 0 Å². The lowest BCUT2D eigenvalue weighted by molar-refractivity contribution is -0.113. The summed E-state index contributed by atoms with van der Waals surface area (Å²) in [5.41, 5.74) is 2.61. The molecule has 1 unspecified atom stereocenters. The van der Waals surface area contributed by atoms with E-state index >= 15 is 0 Å². The fraction of sp³-hybridized carbons (Fsp3) is 0.471. The first-order valence-corrected chi connectivity index (χ1v) is 9.29. The van der Waals surface area contributed by atoms with E-state index in [0.717, 1.165) is 36.3 Å². The molecule has 1 aromatic carbocycles. The van der Waals surface area contributed by atoms with Crippen molar-refractivity contribution >= 4 is 23.4 Å². The first-order valence-electron chi connectivity index (χ1n) is 8.30. The molecule has 25 heavy (non-hydrogen) atoms. The van der Waals surface area contributed by atoms with Gasteiger partial charge in [-0.2, -0.15) is 0 Å². The second-order valence-electron chi connectivity index (χ2n) is 6.16. The highest BCUT2D eigenvalue weighted by atomic mass is 32.2. The van der Waals surface area contributed by atoms with Crippen LogP contribution >= 0.6 is 11.8 Å². The van der Waals surface area contributed by atoms with Gasteiger partial charge in [0.15, 0.2) is 5.16 Å². The number of aromatic amines is 1. The van der Waals surface area contributed by atoms with Gasteiger partial charge in [0.2, 0.25) is 5.91 Å². The average molecular weight is 362 g/mol. The summed E-state index contributed by atoms with van der Waals surface area (Å²) in [6.45, 7) is 5.12. The molecule has 2 N–H and O–H groups in total. The third kappa shape index (κ3) is 4.32. The van der Waals surface area contributed by atoms with Crippen LogP contribution in [-0.2, 0) is 16.1 Å². The van der Waals surface area contributed by atoms with Gasteiger partial charge in [0, 0.05) is 12.3 Å². The fourth-order valence-corrected chi connectivity index (χ4v) is 3.64. The number of nitrogens with one attached hydrogen (secondary N) is 2. The zero-order valence-electron chi connectivity index (χ0n) is 14.4. The van der Waals surface area contributed by atoms with Crippen LogP contribution in [0.4, 0.5) is 5.69 Å². The zero-order chi connectivity index (χ0) is 17.8. The molecule has 0 bridgehead atoms. The Bertz CT molecular complexity index is 788. The van der Waals surface area contributed by atoms with Gasteiger partial charge in [-0.1, -0.05) is 30.0 Å². The number of aryl methyl sites for hydroxylation is 2. The standard InChI is InChI=1S/C17H22N4O3S/c1-11-5-3-6-12(2)15(11)18-14(22)10-25-17-20-19-16(23)21(17)9-13-7-4-8-24-13/h3,5-6,13H,4,7-10H2,1-2H3,(H,18,22)(H,19,23). The molecule has 0 radical (unpaired) electrons. The Balaban J connectivity index is 1.61. The minimum Gasteiger partial charge on any atom is -0.376 e. The molecule has 1 saturated heterocycles. The molecule has 7 nitrogen and oxygen atoms in total. The third-order valence-corrected chi connectivity index (χ3v) is 5.19. The number of carbonyl (C=O) groups is 1. The molecule has 1 aliphatic rings. The Kier molecular flexibility index (Phi) is 5.60. The minimum atomic E-state index is -0.270. The summed E-state index contributed by atoms with van der Waals surface area (Å²) in [6.07, 6.45) is 1.99. The van der Waals surface area contributed by atoms with Crippen LogP contribution in [0, 0.1) is 13.8 Å². The van der Waals surface area contributed by atoms with Crippen LogP contribution in [0.2, 0.25) is 0 Å². The molecule has 1 amide bonds. The van der Waals surface area contributed by atoms with Gasteiger partial charge in [0.05, 0.1) is 18.4 Å². The smallest absolute Gasteiger partial charge is 0.344 e. The largest absolute Gasteiger partial charge is 0.376 e. The zero-order valence-corrected chi connectivity index (χ0v) is 15.2. The van der Waals surface area contributed by atoms with E-state index in [0.29, 0.717) is 11.7 Å². The van der Waals surface area contributed by atoms with Crippen molar-refractivity contribution in [2.24, 2.45) is 0 Å².